The second-order valence-corrected chi connectivity index (χ2v) is 5.72. The second kappa shape index (κ2) is 3.96. The minimum absolute atomic E-state index is 0.0200. The Hall–Kier alpha value is -1.68. The molecule has 0 amide bonds. The van der Waals surface area contributed by atoms with Crippen molar-refractivity contribution in [3.05, 3.63) is 11.9 Å². The number of nitrogens with zero attached hydrogens (tertiary/aromatic N) is 4. The summed E-state index contributed by atoms with van der Waals surface area (Å²) >= 11 is 0.944. The van der Waals surface area contributed by atoms with Crippen LogP contribution in [-0.4, -0.2) is 27.8 Å². The van der Waals surface area contributed by atoms with Gasteiger partial charge in [-0.25, -0.2) is 8.42 Å². The molecule has 0 radical (unpaired) electrons. The van der Waals surface area contributed by atoms with Gasteiger partial charge in [0.2, 0.25) is 0 Å². The highest BCUT2D eigenvalue weighted by Crippen LogP contribution is 2.24. The molecule has 0 fully saturated rings. The van der Waals surface area contributed by atoms with Gasteiger partial charge in [-0.05, 0) is 6.92 Å². The lowest BCUT2D eigenvalue weighted by Gasteiger charge is -2.04. The maximum Gasteiger partial charge on any atom is 0.268 e. The zero-order valence-corrected chi connectivity index (χ0v) is 10.7. The summed E-state index contributed by atoms with van der Waals surface area (Å²) in [5.41, 5.74) is 6.04. The molecule has 0 aliphatic heterocycles. The van der Waals surface area contributed by atoms with Crippen molar-refractivity contribution in [2.75, 3.05) is 10.5 Å². The standard InChI is InChI=1S/C7H10N6O2S2/c1-4-6(7(8)10-13(4)2)17(14,15)11-5-3-9-12-16-5/h3,11H,1-2H3,(H2,8,10). The predicted octanol–water partition coefficient (Wildman–Crippen LogP) is -0.0370. The van der Waals surface area contributed by atoms with Gasteiger partial charge in [0.25, 0.3) is 10.0 Å². The maximum atomic E-state index is 12.1. The zero-order chi connectivity index (χ0) is 12.6. The van der Waals surface area contributed by atoms with E-state index in [1.807, 2.05) is 0 Å². The molecule has 2 heterocycles. The van der Waals surface area contributed by atoms with Gasteiger partial charge in [-0.15, -0.1) is 5.10 Å². The number of rotatable bonds is 3. The molecule has 2 rings (SSSR count). The molecular weight excluding hydrogens is 264 g/mol. The molecule has 2 aromatic heterocycles. The third-order valence-electron chi connectivity index (χ3n) is 2.17. The van der Waals surface area contributed by atoms with E-state index >= 15 is 0 Å². The second-order valence-electron chi connectivity index (χ2n) is 3.31. The van der Waals surface area contributed by atoms with E-state index in [0.717, 1.165) is 11.5 Å². The molecular formula is C7H10N6O2S2. The third-order valence-corrected chi connectivity index (χ3v) is 4.41. The van der Waals surface area contributed by atoms with E-state index < -0.39 is 10.0 Å². The SMILES string of the molecule is Cc1c(S(=O)(=O)Nc2cnns2)c(N)nn1C. The van der Waals surface area contributed by atoms with Gasteiger partial charge >= 0.3 is 0 Å². The van der Waals surface area contributed by atoms with E-state index in [9.17, 15) is 8.42 Å². The number of nitrogen functional groups attached to an aromatic ring is 1. The summed E-state index contributed by atoms with van der Waals surface area (Å²) in [6, 6.07) is 0. The van der Waals surface area contributed by atoms with Crippen LogP contribution in [0, 0.1) is 6.92 Å². The fourth-order valence-electron chi connectivity index (χ4n) is 1.34. The third kappa shape index (κ3) is 2.08. The lowest BCUT2D eigenvalue weighted by Crippen LogP contribution is -2.14. The van der Waals surface area contributed by atoms with Crippen LogP contribution in [0.15, 0.2) is 11.1 Å². The smallest absolute Gasteiger partial charge is 0.268 e. The van der Waals surface area contributed by atoms with E-state index in [4.69, 9.17) is 5.73 Å². The summed E-state index contributed by atoms with van der Waals surface area (Å²) in [7, 11) is -2.13. The lowest BCUT2D eigenvalue weighted by atomic mass is 10.5. The molecule has 0 aromatic carbocycles. The summed E-state index contributed by atoms with van der Waals surface area (Å²) in [5, 5.41) is 7.72. The molecule has 0 atom stereocenters. The van der Waals surface area contributed by atoms with E-state index in [1.54, 1.807) is 14.0 Å². The van der Waals surface area contributed by atoms with Gasteiger partial charge in [-0.2, -0.15) is 5.10 Å². The van der Waals surface area contributed by atoms with Crippen LogP contribution in [0.25, 0.3) is 0 Å². The molecule has 10 heteroatoms. The molecule has 0 unspecified atom stereocenters. The van der Waals surface area contributed by atoms with Crippen molar-refractivity contribution in [3.63, 3.8) is 0 Å². The highest BCUT2D eigenvalue weighted by atomic mass is 32.2. The number of nitrogens with one attached hydrogen (secondary N) is 1. The minimum atomic E-state index is -3.75. The molecule has 92 valence electrons. The fourth-order valence-corrected chi connectivity index (χ4v) is 3.35. The summed E-state index contributed by atoms with van der Waals surface area (Å²) in [4.78, 5) is -0.0200. The van der Waals surface area contributed by atoms with Crippen LogP contribution in [0.5, 0.6) is 0 Å². The van der Waals surface area contributed by atoms with E-state index in [0.29, 0.717) is 10.7 Å². The Morgan fingerprint density at radius 1 is 1.53 bits per heavy atom. The van der Waals surface area contributed by atoms with Crippen molar-refractivity contribution in [2.45, 2.75) is 11.8 Å². The van der Waals surface area contributed by atoms with Crippen molar-refractivity contribution in [1.29, 1.82) is 0 Å². The Morgan fingerprint density at radius 3 is 2.71 bits per heavy atom. The summed E-state index contributed by atoms with van der Waals surface area (Å²) in [6.07, 6.45) is 1.32. The Kier molecular flexibility index (Phi) is 2.75. The van der Waals surface area contributed by atoms with Gasteiger partial charge in [-0.3, -0.25) is 9.40 Å². The average Bonchev–Trinajstić information content (AvgIpc) is 2.76. The van der Waals surface area contributed by atoms with Gasteiger partial charge in [-0.1, -0.05) is 4.49 Å². The van der Waals surface area contributed by atoms with Crippen LogP contribution in [0.1, 0.15) is 5.69 Å². The fraction of sp³-hybridized carbons (Fsp3) is 0.286. The normalized spacial score (nSPS) is 11.6. The number of aromatic nitrogens is 4. The highest BCUT2D eigenvalue weighted by molar-refractivity contribution is 7.93. The van der Waals surface area contributed by atoms with E-state index in [-0.39, 0.29) is 10.7 Å². The van der Waals surface area contributed by atoms with E-state index in [1.165, 1.54) is 10.9 Å². The number of hydrogen-bond donors (Lipinski definition) is 2. The van der Waals surface area contributed by atoms with Gasteiger partial charge in [0.15, 0.2) is 10.7 Å². The Labute approximate surface area is 102 Å². The molecule has 0 spiro atoms. The molecule has 8 nitrogen and oxygen atoms in total. The van der Waals surface area contributed by atoms with Gasteiger partial charge in [0.1, 0.15) is 5.00 Å². The Balaban J connectivity index is 2.45. The summed E-state index contributed by atoms with van der Waals surface area (Å²) in [6.45, 7) is 1.63. The quantitative estimate of drug-likeness (QED) is 0.811. The molecule has 3 N–H and O–H groups in total. The molecule has 0 saturated carbocycles. The van der Waals surface area contributed by atoms with E-state index in [2.05, 4.69) is 19.4 Å². The van der Waals surface area contributed by atoms with Crippen molar-refractivity contribution in [2.24, 2.45) is 7.05 Å². The molecule has 0 aliphatic carbocycles. The Morgan fingerprint density at radius 2 is 2.24 bits per heavy atom. The van der Waals surface area contributed by atoms with Crippen molar-refractivity contribution >= 4 is 32.4 Å². The molecule has 0 saturated heterocycles. The number of aryl methyl sites for hydroxylation is 1. The molecule has 0 bridgehead atoms. The monoisotopic (exact) mass is 274 g/mol. The predicted molar refractivity (Wildman–Crippen MR) is 63.1 cm³/mol. The van der Waals surface area contributed by atoms with Crippen molar-refractivity contribution in [3.8, 4) is 0 Å². The number of hydrogen-bond acceptors (Lipinski definition) is 7. The van der Waals surface area contributed by atoms with Crippen molar-refractivity contribution < 1.29 is 8.42 Å². The number of nitrogens with two attached hydrogens (primary N) is 1. The largest absolute Gasteiger partial charge is 0.381 e. The first-order valence-electron chi connectivity index (χ1n) is 4.51. The van der Waals surface area contributed by atoms with Crippen molar-refractivity contribution in [1.82, 2.24) is 19.4 Å². The minimum Gasteiger partial charge on any atom is -0.381 e. The molecule has 17 heavy (non-hydrogen) atoms. The van der Waals surface area contributed by atoms with Gasteiger partial charge < -0.3 is 5.73 Å². The zero-order valence-electron chi connectivity index (χ0n) is 9.08. The summed E-state index contributed by atoms with van der Waals surface area (Å²) in [5.74, 6) is -0.0324. The van der Waals surface area contributed by atoms with Crippen LogP contribution in [0.3, 0.4) is 0 Å². The van der Waals surface area contributed by atoms with Crippen LogP contribution < -0.4 is 10.5 Å². The molecule has 0 aliphatic rings. The van der Waals surface area contributed by atoms with Gasteiger partial charge in [0, 0.05) is 18.6 Å². The van der Waals surface area contributed by atoms with Gasteiger partial charge in [0.05, 0.1) is 11.9 Å². The van der Waals surface area contributed by atoms with Crippen LogP contribution >= 0.6 is 11.5 Å². The number of sulfonamides is 1. The maximum absolute atomic E-state index is 12.1. The summed E-state index contributed by atoms with van der Waals surface area (Å²) < 4.78 is 31.4. The topological polar surface area (TPSA) is 116 Å². The molecule has 2 aromatic rings. The lowest BCUT2D eigenvalue weighted by molar-refractivity contribution is 0.600. The number of anilines is 2. The van der Waals surface area contributed by atoms with Crippen LogP contribution in [-0.2, 0) is 17.1 Å². The average molecular weight is 274 g/mol. The first-order valence-corrected chi connectivity index (χ1v) is 6.76. The van der Waals surface area contributed by atoms with Crippen LogP contribution in [0.2, 0.25) is 0 Å². The van der Waals surface area contributed by atoms with Crippen LogP contribution in [0.4, 0.5) is 10.8 Å². The first kappa shape index (κ1) is 11.8. The Bertz CT molecular complexity index is 630. The first-order chi connectivity index (χ1) is 7.92. The highest BCUT2D eigenvalue weighted by Gasteiger charge is 2.25.